The maximum atomic E-state index is 11.2. The Balaban J connectivity index is 0.00000256. The van der Waals surface area contributed by atoms with Crippen LogP contribution < -0.4 is 0 Å². The van der Waals surface area contributed by atoms with Crippen LogP contribution in [0.1, 0.15) is 41.0 Å². The standard InChI is InChI=1S/C25H29NO3.ClH/c27-25(28)21-8-5-14-26(18-21)15-17-29-16-13-24-22-9-3-1-6-19(22)11-12-20-7-2-4-10-23(20)24;/h1-4,6-10,24H,5,11-18H2,(H,27,28);1H. The number of carboxylic acid groups (broad SMARTS) is 1. The largest absolute Gasteiger partial charge is 0.478 e. The maximum Gasteiger partial charge on any atom is 0.332 e. The SMILES string of the molecule is Cl.O=C(O)C1=CCCN(CCOCCC2c3ccccc3CCc3ccccc32)C1. The van der Waals surface area contributed by atoms with Gasteiger partial charge in [-0.15, -0.1) is 12.4 Å². The van der Waals surface area contributed by atoms with E-state index in [9.17, 15) is 4.79 Å². The van der Waals surface area contributed by atoms with Crippen LogP contribution in [0.2, 0.25) is 0 Å². The number of hydrogen-bond acceptors (Lipinski definition) is 3. The lowest BCUT2D eigenvalue weighted by Crippen LogP contribution is -2.34. The molecular formula is C25H30ClNO3. The Morgan fingerprint density at radius 3 is 2.27 bits per heavy atom. The molecule has 5 heteroatoms. The summed E-state index contributed by atoms with van der Waals surface area (Å²) < 4.78 is 6.00. The third-order valence-corrected chi connectivity index (χ3v) is 6.13. The van der Waals surface area contributed by atoms with Gasteiger partial charge in [0.25, 0.3) is 0 Å². The van der Waals surface area contributed by atoms with Gasteiger partial charge in [-0.05, 0) is 47.9 Å². The number of ether oxygens (including phenoxy) is 1. The number of aliphatic carboxylic acids is 1. The van der Waals surface area contributed by atoms with Crippen LogP contribution in [-0.4, -0.2) is 48.8 Å². The Kier molecular flexibility index (Phi) is 8.08. The summed E-state index contributed by atoms with van der Waals surface area (Å²) >= 11 is 0. The van der Waals surface area contributed by atoms with Crippen molar-refractivity contribution in [2.75, 3.05) is 32.8 Å². The van der Waals surface area contributed by atoms with Gasteiger partial charge in [0.15, 0.2) is 0 Å². The van der Waals surface area contributed by atoms with Gasteiger partial charge in [-0.25, -0.2) is 4.79 Å². The lowest BCUT2D eigenvalue weighted by molar-refractivity contribution is -0.133. The average molecular weight is 428 g/mol. The number of hydrogen-bond donors (Lipinski definition) is 1. The van der Waals surface area contributed by atoms with Crippen molar-refractivity contribution in [3.05, 3.63) is 82.4 Å². The Morgan fingerprint density at radius 2 is 1.63 bits per heavy atom. The van der Waals surface area contributed by atoms with Gasteiger partial charge in [0, 0.05) is 37.7 Å². The summed E-state index contributed by atoms with van der Waals surface area (Å²) in [5.41, 5.74) is 6.29. The first-order chi connectivity index (χ1) is 14.2. The summed E-state index contributed by atoms with van der Waals surface area (Å²) in [4.78, 5) is 13.3. The summed E-state index contributed by atoms with van der Waals surface area (Å²) in [5.74, 6) is -0.428. The van der Waals surface area contributed by atoms with Gasteiger partial charge < -0.3 is 9.84 Å². The van der Waals surface area contributed by atoms with Crippen LogP contribution in [0.3, 0.4) is 0 Å². The van der Waals surface area contributed by atoms with Crippen molar-refractivity contribution >= 4 is 18.4 Å². The van der Waals surface area contributed by atoms with Gasteiger partial charge in [0.1, 0.15) is 0 Å². The topological polar surface area (TPSA) is 49.8 Å². The number of carbonyl (C=O) groups is 1. The van der Waals surface area contributed by atoms with Crippen LogP contribution in [-0.2, 0) is 22.4 Å². The first-order valence-electron chi connectivity index (χ1n) is 10.6. The Labute approximate surface area is 185 Å². The van der Waals surface area contributed by atoms with Crippen LogP contribution in [0.15, 0.2) is 60.2 Å². The Hall–Kier alpha value is -2.14. The molecular weight excluding hydrogens is 398 g/mol. The van der Waals surface area contributed by atoms with Crippen molar-refractivity contribution in [2.24, 2.45) is 0 Å². The minimum Gasteiger partial charge on any atom is -0.478 e. The van der Waals surface area contributed by atoms with Crippen LogP contribution >= 0.6 is 12.4 Å². The van der Waals surface area contributed by atoms with Gasteiger partial charge in [0.05, 0.1) is 6.61 Å². The molecule has 0 atom stereocenters. The molecule has 1 aliphatic carbocycles. The number of halogens is 1. The highest BCUT2D eigenvalue weighted by molar-refractivity contribution is 5.87. The molecule has 1 aliphatic heterocycles. The molecule has 1 N–H and O–H groups in total. The zero-order valence-electron chi connectivity index (χ0n) is 17.3. The van der Waals surface area contributed by atoms with Crippen molar-refractivity contribution in [2.45, 2.75) is 31.6 Å². The second-order valence-corrected chi connectivity index (χ2v) is 7.95. The predicted octanol–water partition coefficient (Wildman–Crippen LogP) is 4.46. The van der Waals surface area contributed by atoms with E-state index in [1.165, 1.54) is 22.3 Å². The Bertz CT molecular complexity index is 848. The van der Waals surface area contributed by atoms with Crippen molar-refractivity contribution in [1.29, 1.82) is 0 Å². The maximum absolute atomic E-state index is 11.2. The zero-order chi connectivity index (χ0) is 20.1. The molecule has 1 heterocycles. The van der Waals surface area contributed by atoms with Crippen LogP contribution in [0.4, 0.5) is 0 Å². The highest BCUT2D eigenvalue weighted by Gasteiger charge is 2.23. The third kappa shape index (κ3) is 5.31. The molecule has 0 fully saturated rings. The number of aryl methyl sites for hydroxylation is 2. The molecule has 0 spiro atoms. The van der Waals surface area contributed by atoms with Gasteiger partial charge in [-0.3, -0.25) is 4.90 Å². The Morgan fingerprint density at radius 1 is 1.00 bits per heavy atom. The fraction of sp³-hybridized carbons (Fsp3) is 0.400. The van der Waals surface area contributed by atoms with E-state index in [0.29, 0.717) is 31.2 Å². The molecule has 0 saturated heterocycles. The van der Waals surface area contributed by atoms with Crippen LogP contribution in [0.5, 0.6) is 0 Å². The smallest absolute Gasteiger partial charge is 0.332 e. The highest BCUT2D eigenvalue weighted by atomic mass is 35.5. The second-order valence-electron chi connectivity index (χ2n) is 7.95. The first kappa shape index (κ1) is 22.5. The number of fused-ring (bicyclic) bond motifs is 2. The van der Waals surface area contributed by atoms with E-state index >= 15 is 0 Å². The molecule has 0 amide bonds. The molecule has 0 saturated carbocycles. The average Bonchev–Trinajstić information content (AvgIpc) is 2.91. The molecule has 0 unspecified atom stereocenters. The summed E-state index contributed by atoms with van der Waals surface area (Å²) in [6, 6.07) is 17.6. The summed E-state index contributed by atoms with van der Waals surface area (Å²) in [6.07, 6.45) is 5.80. The molecule has 0 bridgehead atoms. The molecule has 2 aromatic carbocycles. The van der Waals surface area contributed by atoms with Crippen molar-refractivity contribution in [3.63, 3.8) is 0 Å². The van der Waals surface area contributed by atoms with E-state index in [1.807, 2.05) is 6.08 Å². The number of carboxylic acids is 1. The lowest BCUT2D eigenvalue weighted by Gasteiger charge is -2.25. The van der Waals surface area contributed by atoms with Gasteiger partial charge in [0.2, 0.25) is 0 Å². The fourth-order valence-corrected chi connectivity index (χ4v) is 4.60. The van der Waals surface area contributed by atoms with E-state index in [0.717, 1.165) is 38.8 Å². The first-order valence-corrected chi connectivity index (χ1v) is 10.6. The van der Waals surface area contributed by atoms with Gasteiger partial charge >= 0.3 is 5.97 Å². The van der Waals surface area contributed by atoms with Crippen molar-refractivity contribution in [1.82, 2.24) is 4.90 Å². The molecule has 4 rings (SSSR count). The molecule has 0 aromatic heterocycles. The summed E-state index contributed by atoms with van der Waals surface area (Å²) in [6.45, 7) is 3.56. The van der Waals surface area contributed by atoms with E-state index in [-0.39, 0.29) is 12.4 Å². The zero-order valence-corrected chi connectivity index (χ0v) is 18.1. The lowest BCUT2D eigenvalue weighted by atomic mass is 9.86. The molecule has 4 nitrogen and oxygen atoms in total. The van der Waals surface area contributed by atoms with Crippen molar-refractivity contribution in [3.8, 4) is 0 Å². The van der Waals surface area contributed by atoms with E-state index in [2.05, 4.69) is 53.4 Å². The summed E-state index contributed by atoms with van der Waals surface area (Å²) in [7, 11) is 0. The monoisotopic (exact) mass is 427 g/mol. The number of benzene rings is 2. The molecule has 160 valence electrons. The van der Waals surface area contributed by atoms with E-state index in [1.54, 1.807) is 0 Å². The normalized spacial score (nSPS) is 16.6. The molecule has 0 radical (unpaired) electrons. The minimum atomic E-state index is -0.804. The quantitative estimate of drug-likeness (QED) is 0.662. The summed E-state index contributed by atoms with van der Waals surface area (Å²) in [5, 5.41) is 9.17. The molecule has 30 heavy (non-hydrogen) atoms. The second kappa shape index (κ2) is 10.8. The van der Waals surface area contributed by atoms with Crippen molar-refractivity contribution < 1.29 is 14.6 Å². The molecule has 2 aromatic rings. The number of rotatable bonds is 7. The van der Waals surface area contributed by atoms with Gasteiger partial charge in [-0.2, -0.15) is 0 Å². The minimum absolute atomic E-state index is 0. The van der Waals surface area contributed by atoms with Gasteiger partial charge in [-0.1, -0.05) is 54.6 Å². The number of nitrogens with zero attached hydrogens (tertiary/aromatic N) is 1. The third-order valence-electron chi connectivity index (χ3n) is 6.13. The van der Waals surface area contributed by atoms with Crippen LogP contribution in [0.25, 0.3) is 0 Å². The molecule has 2 aliphatic rings. The van der Waals surface area contributed by atoms with E-state index in [4.69, 9.17) is 9.84 Å². The van der Waals surface area contributed by atoms with Crippen LogP contribution in [0, 0.1) is 0 Å². The fourth-order valence-electron chi connectivity index (χ4n) is 4.60. The highest BCUT2D eigenvalue weighted by Crippen LogP contribution is 2.36. The predicted molar refractivity (Wildman–Crippen MR) is 122 cm³/mol. The van der Waals surface area contributed by atoms with E-state index < -0.39 is 5.97 Å².